The molecule has 0 aliphatic carbocycles. The van der Waals surface area contributed by atoms with Crippen LogP contribution in [0.4, 0.5) is 0 Å². The first-order chi connectivity index (χ1) is 25.6. The molecule has 0 aliphatic heterocycles. The van der Waals surface area contributed by atoms with Gasteiger partial charge in [-0.05, 0) is 37.8 Å². The van der Waals surface area contributed by atoms with Gasteiger partial charge in [-0.25, -0.2) is 4.79 Å². The standard InChI is InChI=1S/C32H49N9O13/c33-11-5-4-8-20(32(53)54)40-29(50)19(9-10-27(47)48)39-30(51)21(12-18-6-2-1-3-7-18)41-31(52)23(17-43)38-26(46)15-36-28(49)22(16-42)37-25(45)14-35-24(44)13-34/h1-3,6-7,19-23,42-43H,4-5,8-17,33-34H2,(H,35,44)(H,36,49)(H,37,45)(H,38,46)(H,39,51)(H,40,50)(H,41,52)(H,47,48)(H,53,54)/t19-,20-,21-,22-,23-/m0/s1. The topological polar surface area (TPSA) is 371 Å². The van der Waals surface area contributed by atoms with E-state index in [0.717, 1.165) is 0 Å². The van der Waals surface area contributed by atoms with Gasteiger partial charge < -0.3 is 69.1 Å². The monoisotopic (exact) mass is 767 g/mol. The van der Waals surface area contributed by atoms with Crippen molar-refractivity contribution in [2.75, 3.05) is 39.4 Å². The molecule has 0 unspecified atom stereocenters. The third kappa shape index (κ3) is 18.2. The second-order valence-electron chi connectivity index (χ2n) is 11.7. The Morgan fingerprint density at radius 2 is 1.09 bits per heavy atom. The molecular formula is C32H49N9O13. The van der Waals surface area contributed by atoms with Crippen LogP contribution in [-0.4, -0.2) is 143 Å². The van der Waals surface area contributed by atoms with Crippen LogP contribution >= 0.6 is 0 Å². The molecule has 22 heteroatoms. The molecule has 0 bridgehead atoms. The van der Waals surface area contributed by atoms with E-state index in [1.807, 2.05) is 0 Å². The predicted octanol–water partition coefficient (Wildman–Crippen LogP) is -6.09. The van der Waals surface area contributed by atoms with E-state index in [-0.39, 0.29) is 25.9 Å². The zero-order chi connectivity index (χ0) is 40.6. The average molecular weight is 768 g/mol. The second-order valence-corrected chi connectivity index (χ2v) is 11.7. The average Bonchev–Trinajstić information content (AvgIpc) is 3.14. The number of unbranched alkanes of at least 4 members (excludes halogenated alkanes) is 1. The molecule has 0 fully saturated rings. The third-order valence-electron chi connectivity index (χ3n) is 7.48. The fourth-order valence-electron chi connectivity index (χ4n) is 4.58. The summed E-state index contributed by atoms with van der Waals surface area (Å²) >= 11 is 0. The van der Waals surface area contributed by atoms with Crippen LogP contribution in [0.2, 0.25) is 0 Å². The van der Waals surface area contributed by atoms with Crippen LogP contribution in [0.3, 0.4) is 0 Å². The first-order valence-corrected chi connectivity index (χ1v) is 16.8. The van der Waals surface area contributed by atoms with Crippen molar-refractivity contribution in [2.24, 2.45) is 11.5 Å². The molecule has 0 aliphatic rings. The van der Waals surface area contributed by atoms with Crippen molar-refractivity contribution in [1.29, 1.82) is 0 Å². The van der Waals surface area contributed by atoms with Gasteiger partial charge in [0.15, 0.2) is 0 Å². The molecular weight excluding hydrogens is 718 g/mol. The van der Waals surface area contributed by atoms with Crippen molar-refractivity contribution in [3.05, 3.63) is 35.9 Å². The highest BCUT2D eigenvalue weighted by molar-refractivity contribution is 5.96. The van der Waals surface area contributed by atoms with Gasteiger partial charge in [-0.1, -0.05) is 30.3 Å². The summed E-state index contributed by atoms with van der Waals surface area (Å²) in [6.45, 7) is -3.31. The van der Waals surface area contributed by atoms with Crippen molar-refractivity contribution >= 4 is 53.3 Å². The lowest BCUT2D eigenvalue weighted by Crippen LogP contribution is -2.59. The molecule has 15 N–H and O–H groups in total. The minimum atomic E-state index is -1.68. The Kier molecular flexibility index (Phi) is 21.7. The smallest absolute Gasteiger partial charge is 0.326 e. The normalized spacial score (nSPS) is 13.4. The number of nitrogens with one attached hydrogen (secondary N) is 7. The highest BCUT2D eigenvalue weighted by Crippen LogP contribution is 2.08. The van der Waals surface area contributed by atoms with Crippen molar-refractivity contribution in [3.63, 3.8) is 0 Å². The van der Waals surface area contributed by atoms with E-state index >= 15 is 0 Å². The number of rotatable bonds is 26. The zero-order valence-corrected chi connectivity index (χ0v) is 29.4. The number of benzene rings is 1. The van der Waals surface area contributed by atoms with Gasteiger partial charge in [-0.2, -0.15) is 0 Å². The van der Waals surface area contributed by atoms with E-state index in [9.17, 15) is 63.6 Å². The molecule has 1 aromatic rings. The van der Waals surface area contributed by atoms with E-state index in [4.69, 9.17) is 11.5 Å². The summed E-state index contributed by atoms with van der Waals surface area (Å²) in [7, 11) is 0. The SMILES string of the molecule is NCCCC[C@H](NC(=O)[C@H](CCC(=O)O)NC(=O)[C@H](Cc1ccccc1)NC(=O)[C@H](CO)NC(=O)CNC(=O)[C@H](CO)NC(=O)CNC(=O)CN)C(=O)O. The number of carbonyl (C=O) groups is 9. The fraction of sp³-hybridized carbons (Fsp3) is 0.531. The molecule has 1 rings (SSSR count). The van der Waals surface area contributed by atoms with E-state index < -0.39 is 123 Å². The number of nitrogens with two attached hydrogens (primary N) is 2. The number of aliphatic hydroxyl groups excluding tert-OH is 2. The number of aliphatic carboxylic acids is 2. The lowest BCUT2D eigenvalue weighted by atomic mass is 10.0. The Balaban J connectivity index is 3.06. The maximum Gasteiger partial charge on any atom is 0.326 e. The van der Waals surface area contributed by atoms with Gasteiger partial charge in [0.1, 0.15) is 30.2 Å². The second kappa shape index (κ2) is 25.3. The van der Waals surface area contributed by atoms with Gasteiger partial charge in [-0.15, -0.1) is 0 Å². The van der Waals surface area contributed by atoms with Crippen LogP contribution in [0.25, 0.3) is 0 Å². The summed E-state index contributed by atoms with van der Waals surface area (Å²) in [4.78, 5) is 111. The maximum absolute atomic E-state index is 13.6. The molecule has 0 saturated carbocycles. The van der Waals surface area contributed by atoms with Gasteiger partial charge >= 0.3 is 11.9 Å². The summed E-state index contributed by atoms with van der Waals surface area (Å²) < 4.78 is 0. The zero-order valence-electron chi connectivity index (χ0n) is 29.4. The molecule has 0 aromatic heterocycles. The number of amides is 7. The van der Waals surface area contributed by atoms with Crippen LogP contribution < -0.4 is 48.7 Å². The van der Waals surface area contributed by atoms with E-state index in [1.54, 1.807) is 30.3 Å². The lowest BCUT2D eigenvalue weighted by Gasteiger charge is -2.26. The van der Waals surface area contributed by atoms with Crippen LogP contribution in [0.1, 0.15) is 37.7 Å². The first-order valence-electron chi connectivity index (χ1n) is 16.8. The molecule has 0 heterocycles. The predicted molar refractivity (Wildman–Crippen MR) is 186 cm³/mol. The summed E-state index contributed by atoms with van der Waals surface area (Å²) in [6, 6.07) is 0.605. The Labute approximate surface area is 309 Å². The number of aliphatic hydroxyl groups is 2. The van der Waals surface area contributed by atoms with Gasteiger partial charge in [0, 0.05) is 12.8 Å². The minimum absolute atomic E-state index is 0.0115. The molecule has 22 nitrogen and oxygen atoms in total. The van der Waals surface area contributed by atoms with Gasteiger partial charge in [0.05, 0.1) is 32.8 Å². The minimum Gasteiger partial charge on any atom is -0.481 e. The van der Waals surface area contributed by atoms with Crippen molar-refractivity contribution < 1.29 is 63.6 Å². The van der Waals surface area contributed by atoms with E-state index in [0.29, 0.717) is 18.4 Å². The van der Waals surface area contributed by atoms with E-state index in [2.05, 4.69) is 37.2 Å². The Morgan fingerprint density at radius 3 is 1.63 bits per heavy atom. The summed E-state index contributed by atoms with van der Waals surface area (Å²) in [6.07, 6.45) is -0.369. The number of carboxylic acids is 2. The third-order valence-corrected chi connectivity index (χ3v) is 7.48. The summed E-state index contributed by atoms with van der Waals surface area (Å²) in [5.41, 5.74) is 11.1. The number of hydrogen-bond acceptors (Lipinski definition) is 13. The first kappa shape index (κ1) is 46.3. The molecule has 7 amide bonds. The van der Waals surface area contributed by atoms with Crippen LogP contribution in [0, 0.1) is 0 Å². The molecule has 0 spiro atoms. The van der Waals surface area contributed by atoms with Gasteiger partial charge in [0.2, 0.25) is 41.4 Å². The molecule has 0 saturated heterocycles. The van der Waals surface area contributed by atoms with E-state index in [1.165, 1.54) is 0 Å². The highest BCUT2D eigenvalue weighted by Gasteiger charge is 2.32. The molecule has 54 heavy (non-hydrogen) atoms. The highest BCUT2D eigenvalue weighted by atomic mass is 16.4. The van der Waals surface area contributed by atoms with Gasteiger partial charge in [-0.3, -0.25) is 38.4 Å². The fourth-order valence-corrected chi connectivity index (χ4v) is 4.58. The number of carboxylic acid groups (broad SMARTS) is 2. The lowest BCUT2D eigenvalue weighted by molar-refractivity contribution is -0.143. The molecule has 0 radical (unpaired) electrons. The van der Waals surface area contributed by atoms with Crippen molar-refractivity contribution in [1.82, 2.24) is 37.2 Å². The van der Waals surface area contributed by atoms with Gasteiger partial charge in [0.25, 0.3) is 0 Å². The Morgan fingerprint density at radius 1 is 0.574 bits per heavy atom. The van der Waals surface area contributed by atoms with Crippen molar-refractivity contribution in [3.8, 4) is 0 Å². The molecule has 1 aromatic carbocycles. The van der Waals surface area contributed by atoms with Crippen molar-refractivity contribution in [2.45, 2.75) is 68.7 Å². The quantitative estimate of drug-likeness (QED) is 0.0390. The number of carbonyl (C=O) groups excluding carboxylic acids is 7. The maximum atomic E-state index is 13.6. The van der Waals surface area contributed by atoms with Crippen LogP contribution in [0.5, 0.6) is 0 Å². The number of hydrogen-bond donors (Lipinski definition) is 13. The summed E-state index contributed by atoms with van der Waals surface area (Å²) in [5, 5.41) is 53.8. The Hall–Kier alpha value is -5.71. The largest absolute Gasteiger partial charge is 0.481 e. The molecule has 300 valence electrons. The van der Waals surface area contributed by atoms with Crippen LogP contribution in [0.15, 0.2) is 30.3 Å². The Bertz CT molecular complexity index is 1450. The van der Waals surface area contributed by atoms with Crippen LogP contribution in [-0.2, 0) is 49.6 Å². The summed E-state index contributed by atoms with van der Waals surface area (Å²) in [5.74, 6) is -9.24. The molecule has 5 atom stereocenters.